The highest BCUT2D eigenvalue weighted by Gasteiger charge is 2.35. The summed E-state index contributed by atoms with van der Waals surface area (Å²) >= 11 is 0. The largest absolute Gasteiger partial charge is 0.587 e. The van der Waals surface area contributed by atoms with Crippen molar-refractivity contribution in [2.45, 2.75) is 18.9 Å². The summed E-state index contributed by atoms with van der Waals surface area (Å²) in [6.45, 7) is 0. The molecule has 0 saturated carbocycles. The number of benzene rings is 4. The number of phosphoric ester groups is 1. The second-order valence-electron chi connectivity index (χ2n) is 7.36. The van der Waals surface area contributed by atoms with Crippen LogP contribution >= 0.6 is 7.82 Å². The first-order chi connectivity index (χ1) is 15.7. The molecule has 0 bridgehead atoms. The molecule has 0 amide bonds. The molecule has 0 atom stereocenters. The Hall–Kier alpha value is -3.33. The molecule has 0 N–H and O–H groups in total. The highest BCUT2D eigenvalue weighted by Crippen LogP contribution is 2.51. The highest BCUT2D eigenvalue weighted by atomic mass is 31.2. The quantitative estimate of drug-likeness (QED) is 0.244. The minimum absolute atomic E-state index is 0.418. The van der Waals surface area contributed by atoms with Gasteiger partial charge in [0, 0.05) is 0 Å². The van der Waals surface area contributed by atoms with Crippen LogP contribution in [-0.2, 0) is 21.9 Å². The monoisotopic (exact) mass is 444 g/mol. The summed E-state index contributed by atoms with van der Waals surface area (Å²) in [5.41, 5.74) is 2.17. The maximum atomic E-state index is 13.9. The molecule has 32 heavy (non-hydrogen) atoms. The highest BCUT2D eigenvalue weighted by molar-refractivity contribution is 7.49. The Morgan fingerprint density at radius 2 is 0.875 bits per heavy atom. The smallest absolute Gasteiger partial charge is 0.395 e. The van der Waals surface area contributed by atoms with Gasteiger partial charge in [0.15, 0.2) is 0 Å². The summed E-state index contributed by atoms with van der Waals surface area (Å²) < 4.78 is 31.7. The molecular weight excluding hydrogens is 419 g/mol. The number of rotatable bonds is 10. The Morgan fingerprint density at radius 3 is 1.25 bits per heavy atom. The van der Waals surface area contributed by atoms with E-state index in [0.29, 0.717) is 24.3 Å². The second kappa shape index (κ2) is 10.8. The molecule has 4 rings (SSSR count). The molecule has 5 heteroatoms. The van der Waals surface area contributed by atoms with Crippen molar-refractivity contribution in [2.75, 3.05) is 0 Å². The van der Waals surface area contributed by atoms with Crippen molar-refractivity contribution in [1.29, 1.82) is 0 Å². The van der Waals surface area contributed by atoms with Crippen LogP contribution in [0.15, 0.2) is 121 Å². The average Bonchev–Trinajstić information content (AvgIpc) is 2.81. The lowest BCUT2D eigenvalue weighted by molar-refractivity contribution is 0.142. The van der Waals surface area contributed by atoms with E-state index in [1.54, 1.807) is 24.3 Å². The fourth-order valence-corrected chi connectivity index (χ4v) is 4.76. The van der Waals surface area contributed by atoms with Gasteiger partial charge in [-0.05, 0) is 48.2 Å². The zero-order valence-corrected chi connectivity index (χ0v) is 18.5. The molecule has 162 valence electrons. The summed E-state index contributed by atoms with van der Waals surface area (Å²) in [6.07, 6.45) is 0.713. The van der Waals surface area contributed by atoms with Crippen molar-refractivity contribution < 1.29 is 18.1 Å². The molecule has 0 aliphatic heterocycles. The minimum Gasteiger partial charge on any atom is -0.395 e. The van der Waals surface area contributed by atoms with Gasteiger partial charge in [0.05, 0.1) is 6.10 Å². The molecule has 4 aromatic carbocycles. The summed E-state index contributed by atoms with van der Waals surface area (Å²) in [6, 6.07) is 37.9. The van der Waals surface area contributed by atoms with E-state index in [0.717, 1.165) is 11.1 Å². The van der Waals surface area contributed by atoms with Gasteiger partial charge in [-0.2, -0.15) is 0 Å². The topological polar surface area (TPSA) is 44.8 Å². The van der Waals surface area contributed by atoms with E-state index >= 15 is 0 Å². The lowest BCUT2D eigenvalue weighted by atomic mass is 10.0. The molecule has 0 aliphatic carbocycles. The van der Waals surface area contributed by atoms with Crippen LogP contribution < -0.4 is 9.05 Å². The molecule has 0 aliphatic rings. The van der Waals surface area contributed by atoms with Crippen molar-refractivity contribution >= 4 is 7.82 Å². The summed E-state index contributed by atoms with van der Waals surface area (Å²) in [4.78, 5) is 0. The van der Waals surface area contributed by atoms with Gasteiger partial charge in [0.25, 0.3) is 0 Å². The fraction of sp³-hybridized carbons (Fsp3) is 0.111. The molecule has 0 spiro atoms. The van der Waals surface area contributed by atoms with Crippen LogP contribution in [0.1, 0.15) is 11.1 Å². The normalized spacial score (nSPS) is 11.3. The molecule has 0 aromatic heterocycles. The van der Waals surface area contributed by atoms with Gasteiger partial charge >= 0.3 is 7.82 Å². The molecule has 0 unspecified atom stereocenters. The molecule has 0 radical (unpaired) electrons. The fourth-order valence-electron chi connectivity index (χ4n) is 3.37. The zero-order chi connectivity index (χ0) is 22.1. The van der Waals surface area contributed by atoms with E-state index in [1.807, 2.05) is 97.1 Å². The lowest BCUT2D eigenvalue weighted by Crippen LogP contribution is -2.21. The average molecular weight is 444 g/mol. The van der Waals surface area contributed by atoms with Gasteiger partial charge in [-0.15, -0.1) is 0 Å². The van der Waals surface area contributed by atoms with Gasteiger partial charge in [-0.1, -0.05) is 97.1 Å². The first-order valence-electron chi connectivity index (χ1n) is 10.5. The third-order valence-electron chi connectivity index (χ3n) is 4.81. The van der Waals surface area contributed by atoms with Crippen LogP contribution in [0.4, 0.5) is 0 Å². The van der Waals surface area contributed by atoms with Gasteiger partial charge in [0.1, 0.15) is 11.5 Å². The van der Waals surface area contributed by atoms with Gasteiger partial charge in [0.2, 0.25) is 0 Å². The van der Waals surface area contributed by atoms with E-state index in [1.165, 1.54) is 0 Å². The Morgan fingerprint density at radius 1 is 0.531 bits per heavy atom. The lowest BCUT2D eigenvalue weighted by Gasteiger charge is -2.25. The van der Waals surface area contributed by atoms with Crippen LogP contribution in [0.25, 0.3) is 0 Å². The number of para-hydroxylation sites is 2. The molecular formula is C27H25O4P. The maximum absolute atomic E-state index is 13.9. The molecule has 4 nitrogen and oxygen atoms in total. The third-order valence-corrected chi connectivity index (χ3v) is 6.24. The van der Waals surface area contributed by atoms with Crippen LogP contribution in [0, 0.1) is 0 Å². The van der Waals surface area contributed by atoms with Crippen molar-refractivity contribution in [3.8, 4) is 11.5 Å². The predicted octanol–water partition coefficient (Wildman–Crippen LogP) is 7.12. The van der Waals surface area contributed by atoms with Crippen LogP contribution in [0.5, 0.6) is 11.5 Å². The molecule has 0 fully saturated rings. The van der Waals surface area contributed by atoms with Crippen molar-refractivity contribution in [1.82, 2.24) is 0 Å². The number of phosphoric acid groups is 1. The third kappa shape index (κ3) is 6.58. The van der Waals surface area contributed by atoms with Gasteiger partial charge in [-0.25, -0.2) is 4.57 Å². The summed E-state index contributed by atoms with van der Waals surface area (Å²) in [5.74, 6) is 0.842. The summed E-state index contributed by atoms with van der Waals surface area (Å²) in [5, 5.41) is 0. The maximum Gasteiger partial charge on any atom is 0.587 e. The first-order valence-corrected chi connectivity index (χ1v) is 12.0. The van der Waals surface area contributed by atoms with Crippen LogP contribution in [0.2, 0.25) is 0 Å². The second-order valence-corrected chi connectivity index (χ2v) is 8.83. The van der Waals surface area contributed by atoms with Crippen LogP contribution in [-0.4, -0.2) is 6.10 Å². The van der Waals surface area contributed by atoms with Gasteiger partial charge in [-0.3, -0.25) is 4.52 Å². The molecule has 0 saturated heterocycles. The van der Waals surface area contributed by atoms with E-state index in [9.17, 15) is 4.57 Å². The minimum atomic E-state index is -3.99. The summed E-state index contributed by atoms with van der Waals surface area (Å²) in [7, 11) is -3.99. The van der Waals surface area contributed by atoms with Crippen molar-refractivity contribution in [3.63, 3.8) is 0 Å². The predicted molar refractivity (Wildman–Crippen MR) is 127 cm³/mol. The first kappa shape index (κ1) is 21.9. The number of hydrogen-bond acceptors (Lipinski definition) is 4. The van der Waals surface area contributed by atoms with E-state index in [2.05, 4.69) is 0 Å². The zero-order valence-electron chi connectivity index (χ0n) is 17.6. The Balaban J connectivity index is 1.62. The van der Waals surface area contributed by atoms with E-state index < -0.39 is 13.9 Å². The van der Waals surface area contributed by atoms with Crippen molar-refractivity contribution in [3.05, 3.63) is 132 Å². The Labute approximate surface area is 189 Å². The Bertz CT molecular complexity index is 1030. The SMILES string of the molecule is O=P(Oc1ccccc1)(Oc1ccccc1)OC(Cc1ccccc1)Cc1ccccc1. The van der Waals surface area contributed by atoms with Crippen molar-refractivity contribution in [2.24, 2.45) is 0 Å². The van der Waals surface area contributed by atoms with Gasteiger partial charge < -0.3 is 9.05 Å². The van der Waals surface area contributed by atoms with Crippen LogP contribution in [0.3, 0.4) is 0 Å². The Kier molecular flexibility index (Phi) is 7.39. The van der Waals surface area contributed by atoms with E-state index in [-0.39, 0.29) is 0 Å². The molecule has 4 aromatic rings. The van der Waals surface area contributed by atoms with E-state index in [4.69, 9.17) is 13.6 Å². The molecule has 0 heterocycles. The standard InChI is InChI=1S/C27H25O4P/c28-32(29-25-17-9-3-10-18-25,30-26-19-11-4-12-20-26)31-27(21-23-13-5-1-6-14-23)22-24-15-7-2-8-16-24/h1-20,27H,21-22H2. The number of hydrogen-bond donors (Lipinski definition) is 0.